The van der Waals surface area contributed by atoms with E-state index in [2.05, 4.69) is 60.1 Å². The van der Waals surface area contributed by atoms with Crippen molar-refractivity contribution in [3.8, 4) is 0 Å². The van der Waals surface area contributed by atoms with Crippen molar-refractivity contribution in [3.05, 3.63) is 29.8 Å². The van der Waals surface area contributed by atoms with Crippen LogP contribution in [-0.4, -0.2) is 70.2 Å². The van der Waals surface area contributed by atoms with Crippen molar-refractivity contribution in [2.24, 2.45) is 5.73 Å². The number of anilines is 1. The Labute approximate surface area is 123 Å². The number of piperazine rings is 1. The molecule has 1 unspecified atom stereocenters. The molecule has 0 saturated carbocycles. The Bertz CT molecular complexity index is 411. The SMILES string of the molecule is CN1CCN(CC(CN)c2cccc(N(C)C)c2)CC1. The molecule has 112 valence electrons. The average Bonchev–Trinajstić information content (AvgIpc) is 2.46. The van der Waals surface area contributed by atoms with Gasteiger partial charge in [-0.05, 0) is 24.7 Å². The summed E-state index contributed by atoms with van der Waals surface area (Å²) in [7, 11) is 6.35. The largest absolute Gasteiger partial charge is 0.378 e. The van der Waals surface area contributed by atoms with Crippen LogP contribution in [0.5, 0.6) is 0 Å². The Morgan fingerprint density at radius 2 is 1.90 bits per heavy atom. The van der Waals surface area contributed by atoms with E-state index in [9.17, 15) is 0 Å². The number of nitrogens with two attached hydrogens (primary N) is 1. The topological polar surface area (TPSA) is 35.7 Å². The van der Waals surface area contributed by atoms with Crippen molar-refractivity contribution in [3.63, 3.8) is 0 Å². The third-order valence-electron chi connectivity index (χ3n) is 4.22. The molecule has 2 N–H and O–H groups in total. The number of likely N-dealkylation sites (N-methyl/N-ethyl adjacent to an activating group) is 1. The smallest absolute Gasteiger partial charge is 0.0363 e. The van der Waals surface area contributed by atoms with Gasteiger partial charge in [0.1, 0.15) is 0 Å². The predicted octanol–water partition coefficient (Wildman–Crippen LogP) is 1.04. The van der Waals surface area contributed by atoms with E-state index in [0.717, 1.165) is 32.7 Å². The first-order valence-corrected chi connectivity index (χ1v) is 7.48. The number of nitrogens with zero attached hydrogens (tertiary/aromatic N) is 3. The Hall–Kier alpha value is -1.10. The molecule has 1 aromatic carbocycles. The van der Waals surface area contributed by atoms with Gasteiger partial charge in [-0.1, -0.05) is 12.1 Å². The lowest BCUT2D eigenvalue weighted by atomic mass is 9.97. The highest BCUT2D eigenvalue weighted by Gasteiger charge is 2.19. The highest BCUT2D eigenvalue weighted by molar-refractivity contribution is 5.48. The van der Waals surface area contributed by atoms with Crippen LogP contribution in [0.3, 0.4) is 0 Å². The minimum atomic E-state index is 0.429. The number of rotatable bonds is 5. The van der Waals surface area contributed by atoms with Crippen molar-refractivity contribution in [2.45, 2.75) is 5.92 Å². The zero-order valence-electron chi connectivity index (χ0n) is 13.0. The Morgan fingerprint density at radius 3 is 2.50 bits per heavy atom. The first-order valence-electron chi connectivity index (χ1n) is 7.48. The summed E-state index contributed by atoms with van der Waals surface area (Å²) in [6, 6.07) is 8.76. The molecule has 1 aliphatic rings. The van der Waals surface area contributed by atoms with Gasteiger partial charge >= 0.3 is 0 Å². The summed E-state index contributed by atoms with van der Waals surface area (Å²) in [5, 5.41) is 0. The molecule has 0 amide bonds. The molecular weight excluding hydrogens is 248 g/mol. The summed E-state index contributed by atoms with van der Waals surface area (Å²) in [4.78, 5) is 7.08. The van der Waals surface area contributed by atoms with E-state index in [1.54, 1.807) is 0 Å². The van der Waals surface area contributed by atoms with Crippen LogP contribution in [0.15, 0.2) is 24.3 Å². The Kier molecular flexibility index (Phi) is 5.40. The van der Waals surface area contributed by atoms with Crippen LogP contribution in [0.25, 0.3) is 0 Å². The average molecular weight is 276 g/mol. The summed E-state index contributed by atoms with van der Waals surface area (Å²) in [6.07, 6.45) is 0. The maximum atomic E-state index is 6.02. The van der Waals surface area contributed by atoms with E-state index in [0.29, 0.717) is 12.5 Å². The van der Waals surface area contributed by atoms with Crippen molar-refractivity contribution >= 4 is 5.69 Å². The van der Waals surface area contributed by atoms with E-state index in [1.165, 1.54) is 11.3 Å². The van der Waals surface area contributed by atoms with Gasteiger partial charge in [0.25, 0.3) is 0 Å². The standard InChI is InChI=1S/C16H28N4/c1-18(2)16-6-4-5-14(11-16)15(12-17)13-20-9-7-19(3)8-10-20/h4-6,11,15H,7-10,12-13,17H2,1-3H3. The molecule has 0 spiro atoms. The summed E-state index contributed by atoms with van der Waals surface area (Å²) in [6.45, 7) is 6.41. The first kappa shape index (κ1) is 15.3. The second-order valence-corrected chi connectivity index (χ2v) is 6.03. The van der Waals surface area contributed by atoms with Crippen LogP contribution in [0.1, 0.15) is 11.5 Å². The highest BCUT2D eigenvalue weighted by Crippen LogP contribution is 2.21. The van der Waals surface area contributed by atoms with E-state index >= 15 is 0 Å². The van der Waals surface area contributed by atoms with Crippen molar-refractivity contribution in [1.82, 2.24) is 9.80 Å². The quantitative estimate of drug-likeness (QED) is 0.872. The second kappa shape index (κ2) is 7.07. The van der Waals surface area contributed by atoms with Crippen LogP contribution in [0.2, 0.25) is 0 Å². The zero-order chi connectivity index (χ0) is 14.5. The third-order valence-corrected chi connectivity index (χ3v) is 4.22. The molecule has 1 saturated heterocycles. The molecule has 1 aromatic rings. The molecule has 1 atom stereocenters. The van der Waals surface area contributed by atoms with Gasteiger partial charge in [0.2, 0.25) is 0 Å². The van der Waals surface area contributed by atoms with Gasteiger partial charge in [-0.2, -0.15) is 0 Å². The second-order valence-electron chi connectivity index (χ2n) is 6.03. The normalized spacial score (nSPS) is 19.0. The molecule has 0 aliphatic carbocycles. The lowest BCUT2D eigenvalue weighted by Crippen LogP contribution is -2.46. The molecule has 1 aliphatic heterocycles. The van der Waals surface area contributed by atoms with E-state index < -0.39 is 0 Å². The van der Waals surface area contributed by atoms with Gasteiger partial charge in [0.15, 0.2) is 0 Å². The maximum Gasteiger partial charge on any atom is 0.0363 e. The summed E-state index contributed by atoms with van der Waals surface area (Å²) in [5.41, 5.74) is 8.63. The lowest BCUT2D eigenvalue weighted by Gasteiger charge is -2.34. The highest BCUT2D eigenvalue weighted by atomic mass is 15.2. The van der Waals surface area contributed by atoms with Crippen LogP contribution >= 0.6 is 0 Å². The number of hydrogen-bond donors (Lipinski definition) is 1. The van der Waals surface area contributed by atoms with Gasteiger partial charge < -0.3 is 20.4 Å². The fourth-order valence-electron chi connectivity index (χ4n) is 2.72. The molecule has 20 heavy (non-hydrogen) atoms. The molecular formula is C16H28N4. The van der Waals surface area contributed by atoms with Crippen molar-refractivity contribution in [2.75, 3.05) is 65.3 Å². The van der Waals surface area contributed by atoms with Crippen LogP contribution in [-0.2, 0) is 0 Å². The van der Waals surface area contributed by atoms with Gasteiger partial charge in [0.05, 0.1) is 0 Å². The first-order chi connectivity index (χ1) is 9.60. The minimum Gasteiger partial charge on any atom is -0.378 e. The summed E-state index contributed by atoms with van der Waals surface area (Å²) >= 11 is 0. The molecule has 0 aromatic heterocycles. The molecule has 4 nitrogen and oxygen atoms in total. The molecule has 1 fully saturated rings. The van der Waals surface area contributed by atoms with E-state index in [4.69, 9.17) is 5.73 Å². The lowest BCUT2D eigenvalue weighted by molar-refractivity contribution is 0.147. The van der Waals surface area contributed by atoms with Gasteiger partial charge in [-0.25, -0.2) is 0 Å². The zero-order valence-corrected chi connectivity index (χ0v) is 13.0. The molecule has 4 heteroatoms. The fraction of sp³-hybridized carbons (Fsp3) is 0.625. The third kappa shape index (κ3) is 3.95. The summed E-state index contributed by atoms with van der Waals surface area (Å²) in [5.74, 6) is 0.429. The van der Waals surface area contributed by atoms with Crippen LogP contribution in [0.4, 0.5) is 5.69 Å². The van der Waals surface area contributed by atoms with Crippen LogP contribution in [0, 0.1) is 0 Å². The number of benzene rings is 1. The van der Waals surface area contributed by atoms with Crippen molar-refractivity contribution < 1.29 is 0 Å². The fourth-order valence-corrected chi connectivity index (χ4v) is 2.72. The molecule has 2 rings (SSSR count). The summed E-state index contributed by atoms with van der Waals surface area (Å²) < 4.78 is 0. The molecule has 1 heterocycles. The van der Waals surface area contributed by atoms with Crippen molar-refractivity contribution in [1.29, 1.82) is 0 Å². The van der Waals surface area contributed by atoms with E-state index in [-0.39, 0.29) is 0 Å². The van der Waals surface area contributed by atoms with Gasteiger partial charge in [0, 0.05) is 65.0 Å². The van der Waals surface area contributed by atoms with Crippen LogP contribution < -0.4 is 10.6 Å². The van der Waals surface area contributed by atoms with Gasteiger partial charge in [-0.15, -0.1) is 0 Å². The monoisotopic (exact) mass is 276 g/mol. The maximum absolute atomic E-state index is 6.02. The number of hydrogen-bond acceptors (Lipinski definition) is 4. The van der Waals surface area contributed by atoms with E-state index in [1.807, 2.05) is 0 Å². The molecule has 0 radical (unpaired) electrons. The van der Waals surface area contributed by atoms with Gasteiger partial charge in [-0.3, -0.25) is 0 Å². The molecule has 0 bridgehead atoms. The Balaban J connectivity index is 2.02. The minimum absolute atomic E-state index is 0.429. The Morgan fingerprint density at radius 1 is 1.20 bits per heavy atom. The predicted molar refractivity (Wildman–Crippen MR) is 86.5 cm³/mol.